The number of aromatic nitrogens is 2. The molecular formula is C19H21N5O4S. The summed E-state index contributed by atoms with van der Waals surface area (Å²) in [5, 5.41) is 11.8. The van der Waals surface area contributed by atoms with Crippen LogP contribution in [0.25, 0.3) is 0 Å². The predicted octanol–water partition coefficient (Wildman–Crippen LogP) is 2.22. The number of rotatable bonds is 8. The van der Waals surface area contributed by atoms with Crippen LogP contribution in [-0.4, -0.2) is 31.8 Å². The molecule has 29 heavy (non-hydrogen) atoms. The number of amides is 2. The third-order valence-electron chi connectivity index (χ3n) is 4.06. The molecule has 3 aromatic rings. The van der Waals surface area contributed by atoms with Gasteiger partial charge in [0.05, 0.1) is 18.2 Å². The van der Waals surface area contributed by atoms with Crippen LogP contribution in [0.15, 0.2) is 65.8 Å². The van der Waals surface area contributed by atoms with E-state index < -0.39 is 16.1 Å². The Morgan fingerprint density at radius 2 is 1.76 bits per heavy atom. The molecule has 4 N–H and O–H groups in total. The van der Waals surface area contributed by atoms with Crippen LogP contribution in [0.3, 0.4) is 0 Å². The highest BCUT2D eigenvalue weighted by Crippen LogP contribution is 2.15. The van der Waals surface area contributed by atoms with Gasteiger partial charge in [0.25, 0.3) is 0 Å². The van der Waals surface area contributed by atoms with Crippen LogP contribution < -0.4 is 20.1 Å². The van der Waals surface area contributed by atoms with Crippen molar-refractivity contribution >= 4 is 21.7 Å². The molecule has 0 fully saturated rings. The van der Waals surface area contributed by atoms with Gasteiger partial charge in [-0.3, -0.25) is 5.10 Å². The third kappa shape index (κ3) is 5.80. The number of hydrogen-bond acceptors (Lipinski definition) is 5. The number of methoxy groups -OCH3 is 1. The van der Waals surface area contributed by atoms with Crippen molar-refractivity contribution in [2.24, 2.45) is 0 Å². The molecule has 0 aliphatic heterocycles. The smallest absolute Gasteiger partial charge is 0.319 e. The van der Waals surface area contributed by atoms with Crippen molar-refractivity contribution in [3.63, 3.8) is 0 Å². The molecule has 1 aromatic heterocycles. The summed E-state index contributed by atoms with van der Waals surface area (Å²) in [7, 11) is -2.11. The lowest BCUT2D eigenvalue weighted by atomic mass is 10.2. The second-order valence-corrected chi connectivity index (χ2v) is 7.88. The normalized spacial score (nSPS) is 11.1. The first-order chi connectivity index (χ1) is 14.0. The first kappa shape index (κ1) is 20.4. The topological polar surface area (TPSA) is 125 Å². The zero-order chi connectivity index (χ0) is 20.7. The zero-order valence-corrected chi connectivity index (χ0v) is 16.5. The third-order valence-corrected chi connectivity index (χ3v) is 5.47. The zero-order valence-electron chi connectivity index (χ0n) is 15.7. The number of sulfonamides is 1. The first-order valence-corrected chi connectivity index (χ1v) is 10.2. The van der Waals surface area contributed by atoms with E-state index in [1.807, 2.05) is 0 Å². The van der Waals surface area contributed by atoms with E-state index in [4.69, 9.17) is 4.74 Å². The molecule has 0 radical (unpaired) electrons. The number of benzene rings is 2. The number of H-pyrrole nitrogens is 1. The number of carbonyl (C=O) groups excluding carboxylic acids is 1. The van der Waals surface area contributed by atoms with Gasteiger partial charge in [-0.1, -0.05) is 12.1 Å². The Kier molecular flexibility index (Phi) is 6.47. The summed E-state index contributed by atoms with van der Waals surface area (Å²) in [6.45, 7) is 0.479. The van der Waals surface area contributed by atoms with E-state index in [-0.39, 0.29) is 11.4 Å². The van der Waals surface area contributed by atoms with E-state index in [1.54, 1.807) is 43.8 Å². The number of nitrogens with one attached hydrogen (secondary N) is 4. The molecule has 2 aromatic carbocycles. The second-order valence-electron chi connectivity index (χ2n) is 6.11. The minimum Gasteiger partial charge on any atom is -0.497 e. The molecule has 2 amide bonds. The van der Waals surface area contributed by atoms with Crippen LogP contribution in [0.4, 0.5) is 10.5 Å². The maximum Gasteiger partial charge on any atom is 0.319 e. The Balaban J connectivity index is 1.54. The minimum atomic E-state index is -3.68. The van der Waals surface area contributed by atoms with Crippen molar-refractivity contribution in [3.8, 4) is 5.75 Å². The first-order valence-electron chi connectivity index (χ1n) is 8.71. The Morgan fingerprint density at radius 3 is 2.38 bits per heavy atom. The molecule has 0 saturated carbocycles. The SMILES string of the molecule is COc1ccc(CNS(=O)(=O)c2ccc(NC(=O)NCc3cn[nH]c3)cc2)cc1. The standard InChI is InChI=1S/C19H21N5O4S/c1-28-17-6-2-14(3-7-17)13-23-29(26,27)18-8-4-16(5-9-18)24-19(25)20-10-15-11-21-22-12-15/h2-9,11-12,23H,10,13H2,1H3,(H,21,22)(H2,20,24,25). The van der Waals surface area contributed by atoms with Gasteiger partial charge in [-0.25, -0.2) is 17.9 Å². The van der Waals surface area contributed by atoms with Crippen LogP contribution >= 0.6 is 0 Å². The van der Waals surface area contributed by atoms with E-state index in [1.165, 1.54) is 24.3 Å². The fraction of sp³-hybridized carbons (Fsp3) is 0.158. The van der Waals surface area contributed by atoms with E-state index in [2.05, 4.69) is 25.6 Å². The van der Waals surface area contributed by atoms with Gasteiger partial charge in [-0.15, -0.1) is 0 Å². The van der Waals surface area contributed by atoms with E-state index >= 15 is 0 Å². The number of hydrogen-bond donors (Lipinski definition) is 4. The lowest BCUT2D eigenvalue weighted by Crippen LogP contribution is -2.28. The van der Waals surface area contributed by atoms with Gasteiger partial charge in [0, 0.05) is 30.5 Å². The van der Waals surface area contributed by atoms with Gasteiger partial charge in [0.2, 0.25) is 10.0 Å². The Hall–Kier alpha value is -3.37. The molecule has 9 nitrogen and oxygen atoms in total. The summed E-state index contributed by atoms with van der Waals surface area (Å²) < 4.78 is 32.5. The molecule has 0 aliphatic carbocycles. The van der Waals surface area contributed by atoms with Gasteiger partial charge >= 0.3 is 6.03 Å². The number of aromatic amines is 1. The van der Waals surface area contributed by atoms with Crippen molar-refractivity contribution in [1.29, 1.82) is 0 Å². The summed E-state index contributed by atoms with van der Waals surface area (Å²) in [4.78, 5) is 12.0. The molecule has 1 heterocycles. The molecule has 152 valence electrons. The van der Waals surface area contributed by atoms with E-state index in [0.717, 1.165) is 11.1 Å². The van der Waals surface area contributed by atoms with Crippen LogP contribution in [0.5, 0.6) is 5.75 Å². The van der Waals surface area contributed by atoms with E-state index in [0.29, 0.717) is 18.0 Å². The van der Waals surface area contributed by atoms with Crippen LogP contribution in [0.1, 0.15) is 11.1 Å². The molecular weight excluding hydrogens is 394 g/mol. The fourth-order valence-electron chi connectivity index (χ4n) is 2.45. The van der Waals surface area contributed by atoms with Gasteiger partial charge in [-0.2, -0.15) is 5.10 Å². The summed E-state index contributed by atoms with van der Waals surface area (Å²) in [6.07, 6.45) is 3.29. The highest BCUT2D eigenvalue weighted by atomic mass is 32.2. The monoisotopic (exact) mass is 415 g/mol. The molecule has 0 spiro atoms. The summed E-state index contributed by atoms with van der Waals surface area (Å²) in [6, 6.07) is 12.6. The van der Waals surface area contributed by atoms with Gasteiger partial charge in [0.15, 0.2) is 0 Å². The number of nitrogens with zero attached hydrogens (tertiary/aromatic N) is 1. The average Bonchev–Trinajstić information content (AvgIpc) is 3.25. The molecule has 0 atom stereocenters. The maximum atomic E-state index is 12.5. The predicted molar refractivity (Wildman–Crippen MR) is 108 cm³/mol. The van der Waals surface area contributed by atoms with Crippen LogP contribution in [-0.2, 0) is 23.1 Å². The Morgan fingerprint density at radius 1 is 1.03 bits per heavy atom. The Bertz CT molecular complexity index is 1030. The second kappa shape index (κ2) is 9.22. The molecule has 10 heteroatoms. The maximum absolute atomic E-state index is 12.5. The fourth-order valence-corrected chi connectivity index (χ4v) is 3.47. The van der Waals surface area contributed by atoms with Crippen molar-refractivity contribution in [1.82, 2.24) is 20.2 Å². The van der Waals surface area contributed by atoms with Gasteiger partial charge in [-0.05, 0) is 42.0 Å². The van der Waals surface area contributed by atoms with Crippen molar-refractivity contribution in [2.75, 3.05) is 12.4 Å². The number of ether oxygens (including phenoxy) is 1. The lowest BCUT2D eigenvalue weighted by Gasteiger charge is -2.10. The minimum absolute atomic E-state index is 0.107. The highest BCUT2D eigenvalue weighted by Gasteiger charge is 2.14. The lowest BCUT2D eigenvalue weighted by molar-refractivity contribution is 0.251. The van der Waals surface area contributed by atoms with Gasteiger partial charge < -0.3 is 15.4 Å². The van der Waals surface area contributed by atoms with Gasteiger partial charge in [0.1, 0.15) is 5.75 Å². The molecule has 3 rings (SSSR count). The van der Waals surface area contributed by atoms with E-state index in [9.17, 15) is 13.2 Å². The van der Waals surface area contributed by atoms with Crippen LogP contribution in [0.2, 0.25) is 0 Å². The average molecular weight is 415 g/mol. The molecule has 0 saturated heterocycles. The molecule has 0 bridgehead atoms. The molecule has 0 aliphatic rings. The number of carbonyl (C=O) groups is 1. The quantitative estimate of drug-likeness (QED) is 0.449. The van der Waals surface area contributed by atoms with Crippen molar-refractivity contribution < 1.29 is 17.9 Å². The summed E-state index contributed by atoms with van der Waals surface area (Å²) >= 11 is 0. The summed E-state index contributed by atoms with van der Waals surface area (Å²) in [5.74, 6) is 0.702. The van der Waals surface area contributed by atoms with Crippen LogP contribution in [0, 0.1) is 0 Å². The number of urea groups is 1. The largest absolute Gasteiger partial charge is 0.497 e. The number of anilines is 1. The molecule has 0 unspecified atom stereocenters. The van der Waals surface area contributed by atoms with Crippen molar-refractivity contribution in [2.45, 2.75) is 18.0 Å². The Labute approximate surface area is 168 Å². The summed E-state index contributed by atoms with van der Waals surface area (Å²) in [5.41, 5.74) is 2.12. The van der Waals surface area contributed by atoms with Crippen molar-refractivity contribution in [3.05, 3.63) is 72.1 Å². The highest BCUT2D eigenvalue weighted by molar-refractivity contribution is 7.89.